The molecule has 1 atom stereocenters. The number of amides is 1. The number of hydrogen-bond acceptors (Lipinski definition) is 4. The lowest BCUT2D eigenvalue weighted by atomic mass is 10.1. The third-order valence-electron chi connectivity index (χ3n) is 3.95. The quantitative estimate of drug-likeness (QED) is 0.887. The van der Waals surface area contributed by atoms with Crippen LogP contribution in [0.2, 0.25) is 0 Å². The first kappa shape index (κ1) is 14.3. The zero-order chi connectivity index (χ0) is 14.8. The van der Waals surface area contributed by atoms with Crippen molar-refractivity contribution in [3.8, 4) is 0 Å². The predicted octanol–water partition coefficient (Wildman–Crippen LogP) is 2.64. The van der Waals surface area contributed by atoms with E-state index in [-0.39, 0.29) is 11.9 Å². The lowest BCUT2D eigenvalue weighted by Gasteiger charge is -2.11. The van der Waals surface area contributed by atoms with E-state index in [0.717, 1.165) is 23.5 Å². The van der Waals surface area contributed by atoms with Gasteiger partial charge in [0.25, 0.3) is 5.91 Å². The summed E-state index contributed by atoms with van der Waals surface area (Å²) in [6.45, 7) is 1.93. The lowest BCUT2D eigenvalue weighted by molar-refractivity contribution is 0.0942. The molecule has 112 valence electrons. The molecule has 0 radical (unpaired) electrons. The van der Waals surface area contributed by atoms with Gasteiger partial charge in [-0.3, -0.25) is 4.79 Å². The highest BCUT2D eigenvalue weighted by Crippen LogP contribution is 2.29. The molecule has 2 aromatic rings. The second kappa shape index (κ2) is 5.97. The number of carbonyl (C=O) groups is 1. The summed E-state index contributed by atoms with van der Waals surface area (Å²) >= 11 is 1.65. The van der Waals surface area contributed by atoms with Gasteiger partial charge in [0.1, 0.15) is 6.33 Å². The Hall–Kier alpha value is -1.69. The van der Waals surface area contributed by atoms with Gasteiger partial charge >= 0.3 is 0 Å². The highest BCUT2D eigenvalue weighted by atomic mass is 32.1. The van der Waals surface area contributed by atoms with Crippen molar-refractivity contribution in [3.63, 3.8) is 0 Å². The number of carbonyl (C=O) groups excluding carboxylic acids is 1. The Kier molecular flexibility index (Phi) is 4.05. The maximum Gasteiger partial charge on any atom is 0.261 e. The summed E-state index contributed by atoms with van der Waals surface area (Å²) in [6, 6.07) is 1.93. The Bertz CT molecular complexity index is 622. The fourth-order valence-electron chi connectivity index (χ4n) is 2.80. The molecule has 3 rings (SSSR count). The van der Waals surface area contributed by atoms with Crippen LogP contribution in [0.1, 0.15) is 58.2 Å². The largest absolute Gasteiger partial charge is 0.342 e. The molecule has 1 aliphatic rings. The van der Waals surface area contributed by atoms with E-state index in [2.05, 4.69) is 21.6 Å². The number of nitrogens with one attached hydrogen (secondary N) is 1. The molecule has 1 amide bonds. The molecule has 21 heavy (non-hydrogen) atoms. The first-order valence-corrected chi connectivity index (χ1v) is 8.23. The van der Waals surface area contributed by atoms with Gasteiger partial charge in [-0.2, -0.15) is 0 Å². The average Bonchev–Trinajstić information content (AvgIpc) is 3.00. The minimum Gasteiger partial charge on any atom is -0.342 e. The van der Waals surface area contributed by atoms with Gasteiger partial charge in [0.2, 0.25) is 0 Å². The van der Waals surface area contributed by atoms with Gasteiger partial charge in [-0.25, -0.2) is 0 Å². The van der Waals surface area contributed by atoms with Crippen molar-refractivity contribution in [2.24, 2.45) is 7.05 Å². The third kappa shape index (κ3) is 3.00. The SMILES string of the molecule is C[C@H](NC(=O)c1cc2c(s1)CCCCC2)c1nncn1C. The van der Waals surface area contributed by atoms with Crippen molar-refractivity contribution in [1.82, 2.24) is 20.1 Å². The molecule has 0 saturated heterocycles. The molecule has 0 unspecified atom stereocenters. The van der Waals surface area contributed by atoms with Gasteiger partial charge in [-0.05, 0) is 44.2 Å². The van der Waals surface area contributed by atoms with Gasteiger partial charge in [-0.1, -0.05) is 6.42 Å². The van der Waals surface area contributed by atoms with Crippen LogP contribution < -0.4 is 5.32 Å². The summed E-state index contributed by atoms with van der Waals surface area (Å²) in [5, 5.41) is 10.9. The van der Waals surface area contributed by atoms with Crippen molar-refractivity contribution in [1.29, 1.82) is 0 Å². The van der Waals surface area contributed by atoms with Crippen LogP contribution in [-0.2, 0) is 19.9 Å². The molecule has 1 N–H and O–H groups in total. The van der Waals surface area contributed by atoms with E-state index in [0.29, 0.717) is 0 Å². The molecular formula is C15H20N4OS. The van der Waals surface area contributed by atoms with Gasteiger partial charge in [0, 0.05) is 11.9 Å². The molecule has 2 heterocycles. The monoisotopic (exact) mass is 304 g/mol. The summed E-state index contributed by atoms with van der Waals surface area (Å²) < 4.78 is 1.83. The average molecular weight is 304 g/mol. The maximum atomic E-state index is 12.4. The van der Waals surface area contributed by atoms with Crippen LogP contribution in [0.5, 0.6) is 0 Å². The van der Waals surface area contributed by atoms with Crippen LogP contribution in [0.15, 0.2) is 12.4 Å². The lowest BCUT2D eigenvalue weighted by Crippen LogP contribution is -2.27. The Morgan fingerprint density at radius 3 is 2.95 bits per heavy atom. The van der Waals surface area contributed by atoms with Crippen LogP contribution in [0.3, 0.4) is 0 Å². The molecular weight excluding hydrogens is 284 g/mol. The van der Waals surface area contributed by atoms with E-state index in [1.165, 1.54) is 29.7 Å². The number of thiophene rings is 1. The number of rotatable bonds is 3. The molecule has 1 aliphatic carbocycles. The Balaban J connectivity index is 1.72. The molecule has 0 fully saturated rings. The van der Waals surface area contributed by atoms with Gasteiger partial charge in [0.15, 0.2) is 5.82 Å². The van der Waals surface area contributed by atoms with Crippen LogP contribution in [0.25, 0.3) is 0 Å². The zero-order valence-electron chi connectivity index (χ0n) is 12.4. The van der Waals surface area contributed by atoms with Crippen LogP contribution in [0, 0.1) is 0 Å². The Labute approximate surface area is 128 Å². The smallest absolute Gasteiger partial charge is 0.261 e. The van der Waals surface area contributed by atoms with Gasteiger partial charge < -0.3 is 9.88 Å². The molecule has 0 saturated carbocycles. The zero-order valence-corrected chi connectivity index (χ0v) is 13.2. The minimum absolute atomic E-state index is 0.0106. The Morgan fingerprint density at radius 2 is 2.19 bits per heavy atom. The summed E-state index contributed by atoms with van der Waals surface area (Å²) in [4.78, 5) is 14.6. The second-order valence-electron chi connectivity index (χ2n) is 5.61. The molecule has 0 spiro atoms. The van der Waals surface area contributed by atoms with E-state index in [4.69, 9.17) is 0 Å². The van der Waals surface area contributed by atoms with Crippen LogP contribution in [0.4, 0.5) is 0 Å². The van der Waals surface area contributed by atoms with E-state index >= 15 is 0 Å². The molecule has 0 aromatic carbocycles. The molecule has 6 heteroatoms. The van der Waals surface area contributed by atoms with Crippen LogP contribution in [-0.4, -0.2) is 20.7 Å². The minimum atomic E-state index is -0.146. The highest BCUT2D eigenvalue weighted by Gasteiger charge is 2.19. The van der Waals surface area contributed by atoms with E-state index in [1.807, 2.05) is 18.5 Å². The fraction of sp³-hybridized carbons (Fsp3) is 0.533. The Morgan fingerprint density at radius 1 is 1.38 bits per heavy atom. The van der Waals surface area contributed by atoms with E-state index in [1.54, 1.807) is 17.7 Å². The number of fused-ring (bicyclic) bond motifs is 1. The first-order chi connectivity index (χ1) is 10.1. The molecule has 0 bridgehead atoms. The summed E-state index contributed by atoms with van der Waals surface area (Å²) in [6.07, 6.45) is 7.64. The summed E-state index contributed by atoms with van der Waals surface area (Å²) in [5.41, 5.74) is 1.37. The number of nitrogens with zero attached hydrogens (tertiary/aromatic N) is 3. The number of aryl methyl sites for hydroxylation is 3. The van der Waals surface area contributed by atoms with Gasteiger partial charge in [0.05, 0.1) is 10.9 Å². The first-order valence-electron chi connectivity index (χ1n) is 7.41. The van der Waals surface area contributed by atoms with Crippen molar-refractivity contribution < 1.29 is 4.79 Å². The van der Waals surface area contributed by atoms with Gasteiger partial charge in [-0.15, -0.1) is 21.5 Å². The summed E-state index contributed by atoms with van der Waals surface area (Å²) in [5.74, 6) is 0.755. The van der Waals surface area contributed by atoms with Crippen molar-refractivity contribution >= 4 is 17.2 Å². The van der Waals surface area contributed by atoms with Crippen molar-refractivity contribution in [3.05, 3.63) is 33.5 Å². The van der Waals surface area contributed by atoms with E-state index < -0.39 is 0 Å². The number of aromatic nitrogens is 3. The number of hydrogen-bond donors (Lipinski definition) is 1. The van der Waals surface area contributed by atoms with Crippen molar-refractivity contribution in [2.75, 3.05) is 0 Å². The topological polar surface area (TPSA) is 59.8 Å². The maximum absolute atomic E-state index is 12.4. The molecule has 0 aliphatic heterocycles. The summed E-state index contributed by atoms with van der Waals surface area (Å²) in [7, 11) is 1.88. The second-order valence-corrected chi connectivity index (χ2v) is 6.75. The highest BCUT2D eigenvalue weighted by molar-refractivity contribution is 7.14. The standard InChI is InChI=1S/C15H20N4OS/c1-10(14-18-16-9-19(14)2)17-15(20)13-8-11-6-4-3-5-7-12(11)21-13/h8-10H,3-7H2,1-2H3,(H,17,20)/t10-/m0/s1. The normalized spacial score (nSPS) is 16.1. The van der Waals surface area contributed by atoms with Crippen molar-refractivity contribution in [2.45, 2.75) is 45.1 Å². The van der Waals surface area contributed by atoms with Crippen LogP contribution >= 0.6 is 11.3 Å². The van der Waals surface area contributed by atoms with E-state index in [9.17, 15) is 4.79 Å². The molecule has 5 nitrogen and oxygen atoms in total. The fourth-order valence-corrected chi connectivity index (χ4v) is 3.95. The predicted molar refractivity (Wildman–Crippen MR) is 82.5 cm³/mol. The molecule has 2 aromatic heterocycles. The third-order valence-corrected chi connectivity index (χ3v) is 5.19.